The third-order valence-electron chi connectivity index (χ3n) is 6.10. The minimum absolute atomic E-state index is 0.0167. The van der Waals surface area contributed by atoms with E-state index in [0.29, 0.717) is 0 Å². The van der Waals surface area contributed by atoms with Crippen molar-refractivity contribution in [3.05, 3.63) is 36.7 Å². The van der Waals surface area contributed by atoms with Crippen LogP contribution in [-0.4, -0.2) is 79.5 Å². The number of rotatable bonds is 15. The summed E-state index contributed by atoms with van der Waals surface area (Å²) >= 11 is 0. The zero-order valence-corrected chi connectivity index (χ0v) is 26.2. The van der Waals surface area contributed by atoms with Crippen LogP contribution in [0, 0.1) is 5.41 Å². The Labute approximate surface area is 253 Å². The molecule has 1 aromatic carbocycles. The standard InChI is InChI=1S/C27H39F2N6O8P/c1-7-40-22-19-21(32-25(30)33-22)35(15-31-19)24(38)27(6,29)20(36)18(28)13-42-44(39,43-17-11-9-8-10-12-17)34-16(2)23(37)41-14-26(3,4)5/h8-12,15-16,18,20,24,36,38H,7,13-14H2,1-6H3,(H,34,39)(H2,30,32,33)/t16-,18-,20+,24+,27+,44?/m0/s1. The molecular formula is C27H39F2N6O8P. The van der Waals surface area contributed by atoms with E-state index in [1.54, 1.807) is 25.1 Å². The van der Waals surface area contributed by atoms with Gasteiger partial charge >= 0.3 is 13.7 Å². The molecule has 0 aliphatic carbocycles. The molecule has 5 N–H and O–H groups in total. The summed E-state index contributed by atoms with van der Waals surface area (Å²) in [5.41, 5.74) is 2.20. The highest BCUT2D eigenvalue weighted by Crippen LogP contribution is 2.46. The van der Waals surface area contributed by atoms with E-state index in [1.165, 1.54) is 19.1 Å². The molecule has 3 rings (SSSR count). The second kappa shape index (κ2) is 14.1. The number of esters is 1. The average Bonchev–Trinajstić information content (AvgIpc) is 3.37. The number of carbonyl (C=O) groups excluding carboxylic acids is 1. The van der Waals surface area contributed by atoms with Crippen LogP contribution in [0.1, 0.15) is 47.8 Å². The lowest BCUT2D eigenvalue weighted by molar-refractivity contribution is -0.148. The molecule has 0 spiro atoms. The number of nitrogen functional groups attached to an aromatic ring is 1. The van der Waals surface area contributed by atoms with Crippen LogP contribution in [0.15, 0.2) is 36.7 Å². The SMILES string of the molecule is CCOc1nc(N)nc2c1ncn2[C@H](O)[C@](C)(F)[C@H](O)[C@@H](F)COP(=O)(N[C@@H](C)C(=O)OCC(C)(C)C)Oc1ccccc1. The molecule has 0 aliphatic rings. The van der Waals surface area contributed by atoms with Gasteiger partial charge < -0.3 is 29.9 Å². The lowest BCUT2D eigenvalue weighted by Gasteiger charge is -2.33. The van der Waals surface area contributed by atoms with Gasteiger partial charge in [-0.05, 0) is 38.3 Å². The van der Waals surface area contributed by atoms with Gasteiger partial charge in [-0.2, -0.15) is 15.1 Å². The number of carbonyl (C=O) groups is 1. The maximum absolute atomic E-state index is 15.9. The van der Waals surface area contributed by atoms with E-state index in [2.05, 4.69) is 20.0 Å². The first-order chi connectivity index (χ1) is 20.5. The number of hydrogen-bond acceptors (Lipinski definition) is 12. The second-order valence-electron chi connectivity index (χ2n) is 11.3. The summed E-state index contributed by atoms with van der Waals surface area (Å²) in [5.74, 6) is -0.996. The Morgan fingerprint density at radius 1 is 1.18 bits per heavy atom. The molecule has 0 radical (unpaired) electrons. The number of fused-ring (bicyclic) bond motifs is 1. The number of nitrogens with zero attached hydrogens (tertiary/aromatic N) is 4. The normalized spacial score (nSPS) is 17.6. The summed E-state index contributed by atoms with van der Waals surface area (Å²) in [6.07, 6.45) is -6.30. The van der Waals surface area contributed by atoms with E-state index in [-0.39, 0.29) is 47.4 Å². The number of halogens is 2. The predicted molar refractivity (Wildman–Crippen MR) is 156 cm³/mol. The number of alkyl halides is 2. The van der Waals surface area contributed by atoms with E-state index in [4.69, 9.17) is 24.3 Å². The summed E-state index contributed by atoms with van der Waals surface area (Å²) in [4.78, 5) is 24.4. The lowest BCUT2D eigenvalue weighted by Crippen LogP contribution is -2.49. The number of aromatic nitrogens is 4. The molecular weight excluding hydrogens is 605 g/mol. The Bertz CT molecular complexity index is 1460. The monoisotopic (exact) mass is 644 g/mol. The maximum atomic E-state index is 15.9. The molecule has 14 nitrogen and oxygen atoms in total. The number of aliphatic hydroxyl groups excluding tert-OH is 2. The molecule has 44 heavy (non-hydrogen) atoms. The van der Waals surface area contributed by atoms with Gasteiger partial charge in [-0.3, -0.25) is 13.9 Å². The highest BCUT2D eigenvalue weighted by molar-refractivity contribution is 7.52. The van der Waals surface area contributed by atoms with Gasteiger partial charge in [0.15, 0.2) is 29.2 Å². The highest BCUT2D eigenvalue weighted by atomic mass is 31.2. The molecule has 244 valence electrons. The van der Waals surface area contributed by atoms with Crippen LogP contribution in [0.3, 0.4) is 0 Å². The van der Waals surface area contributed by atoms with Gasteiger partial charge in [-0.1, -0.05) is 39.0 Å². The Morgan fingerprint density at radius 3 is 2.45 bits per heavy atom. The number of aliphatic hydroxyl groups is 2. The smallest absolute Gasteiger partial charge is 0.459 e. The first-order valence-electron chi connectivity index (χ1n) is 13.7. The fraction of sp³-hybridized carbons (Fsp3) is 0.556. The summed E-state index contributed by atoms with van der Waals surface area (Å²) in [6, 6.07) is 6.48. The zero-order valence-electron chi connectivity index (χ0n) is 25.3. The van der Waals surface area contributed by atoms with E-state index < -0.39 is 50.5 Å². The minimum atomic E-state index is -4.53. The number of benzene rings is 1. The van der Waals surface area contributed by atoms with Gasteiger partial charge in [0.1, 0.15) is 17.9 Å². The maximum Gasteiger partial charge on any atom is 0.459 e. The van der Waals surface area contributed by atoms with E-state index in [0.717, 1.165) is 17.8 Å². The Balaban J connectivity index is 1.78. The average molecular weight is 645 g/mol. The van der Waals surface area contributed by atoms with Crippen molar-refractivity contribution in [3.8, 4) is 11.6 Å². The van der Waals surface area contributed by atoms with Crippen LogP contribution in [-0.2, 0) is 18.6 Å². The lowest BCUT2D eigenvalue weighted by atomic mass is 9.95. The largest absolute Gasteiger partial charge is 0.476 e. The van der Waals surface area contributed by atoms with Crippen LogP contribution in [0.5, 0.6) is 11.6 Å². The third kappa shape index (κ3) is 8.82. The molecule has 17 heteroatoms. The van der Waals surface area contributed by atoms with Crippen LogP contribution >= 0.6 is 7.75 Å². The molecule has 0 saturated carbocycles. The first kappa shape index (κ1) is 35.1. The minimum Gasteiger partial charge on any atom is -0.476 e. The van der Waals surface area contributed by atoms with Crippen molar-refractivity contribution < 1.29 is 46.9 Å². The van der Waals surface area contributed by atoms with Crippen molar-refractivity contribution in [1.29, 1.82) is 0 Å². The number of para-hydroxylation sites is 1. The van der Waals surface area contributed by atoms with Crippen molar-refractivity contribution in [1.82, 2.24) is 24.6 Å². The Kier molecular flexibility index (Phi) is 11.2. The third-order valence-corrected chi connectivity index (χ3v) is 7.75. The van der Waals surface area contributed by atoms with Crippen molar-refractivity contribution in [3.63, 3.8) is 0 Å². The van der Waals surface area contributed by atoms with Crippen molar-refractivity contribution in [2.75, 3.05) is 25.6 Å². The number of imidazole rings is 1. The molecule has 0 fully saturated rings. The number of nitrogens with two attached hydrogens (primary N) is 1. The van der Waals surface area contributed by atoms with Crippen LogP contribution < -0.4 is 20.1 Å². The van der Waals surface area contributed by atoms with Gasteiger partial charge in [-0.15, -0.1) is 0 Å². The fourth-order valence-corrected chi connectivity index (χ4v) is 5.27. The Hall–Kier alpha value is -3.43. The molecule has 2 heterocycles. The molecule has 0 saturated heterocycles. The summed E-state index contributed by atoms with van der Waals surface area (Å²) in [7, 11) is -4.53. The van der Waals surface area contributed by atoms with Crippen LogP contribution in [0.4, 0.5) is 14.7 Å². The van der Waals surface area contributed by atoms with Crippen molar-refractivity contribution >= 4 is 30.8 Å². The summed E-state index contributed by atoms with van der Waals surface area (Å²) in [5, 5.41) is 23.9. The Morgan fingerprint density at radius 2 is 1.84 bits per heavy atom. The van der Waals surface area contributed by atoms with Gasteiger partial charge in [0.05, 0.1) is 26.1 Å². The van der Waals surface area contributed by atoms with Gasteiger partial charge in [0.25, 0.3) is 0 Å². The van der Waals surface area contributed by atoms with Crippen molar-refractivity contribution in [2.45, 2.75) is 71.8 Å². The summed E-state index contributed by atoms with van der Waals surface area (Å²) < 4.78 is 67.0. The molecule has 1 unspecified atom stereocenters. The van der Waals surface area contributed by atoms with Crippen LogP contribution in [0.25, 0.3) is 11.2 Å². The zero-order chi connectivity index (χ0) is 32.9. The van der Waals surface area contributed by atoms with E-state index in [1.807, 2.05) is 20.8 Å². The van der Waals surface area contributed by atoms with E-state index in [9.17, 15) is 19.6 Å². The van der Waals surface area contributed by atoms with Gasteiger partial charge in [0, 0.05) is 0 Å². The number of anilines is 1. The molecule has 2 aromatic heterocycles. The first-order valence-corrected chi connectivity index (χ1v) is 15.3. The van der Waals surface area contributed by atoms with Gasteiger partial charge in [-0.25, -0.2) is 18.3 Å². The predicted octanol–water partition coefficient (Wildman–Crippen LogP) is 3.50. The van der Waals surface area contributed by atoms with Crippen molar-refractivity contribution in [2.24, 2.45) is 5.41 Å². The van der Waals surface area contributed by atoms with E-state index >= 15 is 8.78 Å². The molecule has 6 atom stereocenters. The second-order valence-corrected chi connectivity index (χ2v) is 13.0. The summed E-state index contributed by atoms with van der Waals surface area (Å²) in [6.45, 7) is 8.44. The number of ether oxygens (including phenoxy) is 2. The van der Waals surface area contributed by atoms with Gasteiger partial charge in [0.2, 0.25) is 11.8 Å². The molecule has 0 bridgehead atoms. The number of nitrogens with one attached hydrogen (secondary N) is 1. The topological polar surface area (TPSA) is 193 Å². The molecule has 3 aromatic rings. The molecule has 0 aliphatic heterocycles. The van der Waals surface area contributed by atoms with Crippen LogP contribution in [0.2, 0.25) is 0 Å². The number of hydrogen-bond donors (Lipinski definition) is 4. The highest BCUT2D eigenvalue weighted by Gasteiger charge is 2.47. The fourth-order valence-electron chi connectivity index (χ4n) is 3.77. The quantitative estimate of drug-likeness (QED) is 0.139. The molecule has 0 amide bonds.